The fourth-order valence-corrected chi connectivity index (χ4v) is 4.37. The lowest BCUT2D eigenvalue weighted by Crippen LogP contribution is -2.55. The Morgan fingerprint density at radius 2 is 2.00 bits per heavy atom. The minimum absolute atomic E-state index is 0.370. The Hall–Kier alpha value is -1.26. The second-order valence-electron chi connectivity index (χ2n) is 7.13. The molecule has 2 N–H and O–H groups in total. The normalized spacial score (nSPS) is 34.4. The first-order chi connectivity index (χ1) is 10.8. The van der Waals surface area contributed by atoms with Crippen LogP contribution in [0.3, 0.4) is 0 Å². The summed E-state index contributed by atoms with van der Waals surface area (Å²) in [5.74, 6) is 0.979. The highest BCUT2D eigenvalue weighted by Gasteiger charge is 2.35. The maximum absolute atomic E-state index is 5.86. The van der Waals surface area contributed by atoms with Gasteiger partial charge < -0.3 is 20.3 Å². The van der Waals surface area contributed by atoms with Crippen molar-refractivity contribution in [3.8, 4) is 5.75 Å². The Morgan fingerprint density at radius 3 is 2.82 bits per heavy atom. The molecular formula is C18H27N3O. The summed E-state index contributed by atoms with van der Waals surface area (Å²) >= 11 is 0. The largest absolute Gasteiger partial charge is 0.489 e. The number of benzene rings is 1. The summed E-state index contributed by atoms with van der Waals surface area (Å²) in [4.78, 5) is 2.62. The molecule has 3 aliphatic heterocycles. The van der Waals surface area contributed by atoms with E-state index < -0.39 is 0 Å². The lowest BCUT2D eigenvalue weighted by molar-refractivity contribution is 0.0481. The van der Waals surface area contributed by atoms with Gasteiger partial charge in [0.15, 0.2) is 0 Å². The molecule has 4 rings (SSSR count). The first-order valence-electron chi connectivity index (χ1n) is 8.73. The van der Waals surface area contributed by atoms with Gasteiger partial charge in [0.05, 0.1) is 11.7 Å². The number of hydrogen-bond acceptors (Lipinski definition) is 4. The van der Waals surface area contributed by atoms with E-state index in [-0.39, 0.29) is 0 Å². The van der Waals surface area contributed by atoms with Gasteiger partial charge in [-0.2, -0.15) is 0 Å². The van der Waals surface area contributed by atoms with Crippen molar-refractivity contribution in [2.75, 3.05) is 25.5 Å². The molecule has 0 radical (unpaired) electrons. The molecule has 0 spiro atoms. The third-order valence-corrected chi connectivity index (χ3v) is 5.68. The first kappa shape index (κ1) is 14.3. The van der Waals surface area contributed by atoms with Crippen LogP contribution in [0, 0.1) is 0 Å². The topological polar surface area (TPSA) is 36.5 Å². The van der Waals surface area contributed by atoms with Crippen LogP contribution in [0.25, 0.3) is 0 Å². The van der Waals surface area contributed by atoms with Crippen LogP contribution >= 0.6 is 0 Å². The van der Waals surface area contributed by atoms with Gasteiger partial charge in [0, 0.05) is 24.7 Å². The van der Waals surface area contributed by atoms with Gasteiger partial charge in [-0.15, -0.1) is 0 Å². The average molecular weight is 301 g/mol. The molecule has 22 heavy (non-hydrogen) atoms. The van der Waals surface area contributed by atoms with E-state index in [1.54, 1.807) is 0 Å². The van der Waals surface area contributed by atoms with E-state index in [0.29, 0.717) is 12.1 Å². The maximum Gasteiger partial charge on any atom is 0.142 e. The van der Waals surface area contributed by atoms with Crippen LogP contribution in [0.4, 0.5) is 5.69 Å². The zero-order valence-electron chi connectivity index (χ0n) is 13.4. The third kappa shape index (κ3) is 2.82. The standard InChI is InChI=1S/C18H27N3O/c1-21-15-5-4-6-16(21)10-13(9-15)19-11-14-12-22-18-8-3-2-7-17(18)20-14/h2-3,7-8,13-16,19-20H,4-6,9-12H2,1H3. The SMILES string of the molecule is CN1C2CCCC1CC(NCC1COc3ccccc3N1)C2. The number of fused-ring (bicyclic) bond motifs is 3. The number of anilines is 1. The smallest absolute Gasteiger partial charge is 0.142 e. The summed E-state index contributed by atoms with van der Waals surface area (Å²) in [7, 11) is 2.32. The van der Waals surface area contributed by atoms with Crippen molar-refractivity contribution in [1.29, 1.82) is 0 Å². The lowest BCUT2D eigenvalue weighted by Gasteiger charge is -2.47. The summed E-state index contributed by atoms with van der Waals surface area (Å²) < 4.78 is 5.86. The van der Waals surface area contributed by atoms with Crippen LogP contribution in [-0.2, 0) is 0 Å². The average Bonchev–Trinajstić information content (AvgIpc) is 2.53. The number of piperidine rings is 2. The molecule has 2 bridgehead atoms. The van der Waals surface area contributed by atoms with Crippen molar-refractivity contribution in [3.63, 3.8) is 0 Å². The minimum Gasteiger partial charge on any atom is -0.489 e. The minimum atomic E-state index is 0.370. The van der Waals surface area contributed by atoms with Crippen molar-refractivity contribution in [2.24, 2.45) is 0 Å². The zero-order valence-corrected chi connectivity index (χ0v) is 13.4. The monoisotopic (exact) mass is 301 g/mol. The van der Waals surface area contributed by atoms with E-state index in [9.17, 15) is 0 Å². The Bertz CT molecular complexity index is 507. The van der Waals surface area contributed by atoms with Crippen LogP contribution in [0.5, 0.6) is 5.75 Å². The number of ether oxygens (including phenoxy) is 1. The van der Waals surface area contributed by atoms with Gasteiger partial charge in [0.2, 0.25) is 0 Å². The van der Waals surface area contributed by atoms with Gasteiger partial charge in [-0.05, 0) is 44.9 Å². The predicted octanol–water partition coefficient (Wildman–Crippen LogP) is 2.46. The molecule has 2 fully saturated rings. The molecule has 3 unspecified atom stereocenters. The summed E-state index contributed by atoms with van der Waals surface area (Å²) in [5.41, 5.74) is 1.13. The van der Waals surface area contributed by atoms with Gasteiger partial charge in [-0.1, -0.05) is 18.6 Å². The molecule has 120 valence electrons. The van der Waals surface area contributed by atoms with Crippen molar-refractivity contribution in [2.45, 2.75) is 56.3 Å². The number of para-hydroxylation sites is 2. The number of nitrogens with zero attached hydrogens (tertiary/aromatic N) is 1. The Labute approximate surface area is 133 Å². The number of nitrogens with one attached hydrogen (secondary N) is 2. The molecule has 1 aromatic rings. The van der Waals surface area contributed by atoms with E-state index in [1.165, 1.54) is 32.1 Å². The van der Waals surface area contributed by atoms with Gasteiger partial charge in [-0.3, -0.25) is 0 Å². The molecule has 0 aromatic heterocycles. The first-order valence-corrected chi connectivity index (χ1v) is 8.73. The van der Waals surface area contributed by atoms with Gasteiger partial charge >= 0.3 is 0 Å². The van der Waals surface area contributed by atoms with Crippen LogP contribution < -0.4 is 15.4 Å². The third-order valence-electron chi connectivity index (χ3n) is 5.68. The molecule has 2 saturated heterocycles. The van der Waals surface area contributed by atoms with Gasteiger partial charge in [0.25, 0.3) is 0 Å². The van der Waals surface area contributed by atoms with Gasteiger partial charge in [0.1, 0.15) is 12.4 Å². The van der Waals surface area contributed by atoms with Crippen LogP contribution in [0.1, 0.15) is 32.1 Å². The number of rotatable bonds is 3. The molecule has 4 heteroatoms. The summed E-state index contributed by atoms with van der Waals surface area (Å²) in [6.07, 6.45) is 6.78. The summed E-state index contributed by atoms with van der Waals surface area (Å²) in [6, 6.07) is 10.8. The van der Waals surface area contributed by atoms with Crippen LogP contribution in [-0.4, -0.2) is 49.3 Å². The van der Waals surface area contributed by atoms with Crippen molar-refractivity contribution in [3.05, 3.63) is 24.3 Å². The Kier molecular flexibility index (Phi) is 3.97. The Morgan fingerprint density at radius 1 is 1.23 bits per heavy atom. The highest BCUT2D eigenvalue weighted by atomic mass is 16.5. The van der Waals surface area contributed by atoms with Crippen LogP contribution in [0.15, 0.2) is 24.3 Å². The quantitative estimate of drug-likeness (QED) is 0.899. The fourth-order valence-electron chi connectivity index (χ4n) is 4.37. The molecule has 3 atom stereocenters. The second kappa shape index (κ2) is 6.09. The summed E-state index contributed by atoms with van der Waals surface area (Å²) in [5, 5.41) is 7.40. The Balaban J connectivity index is 1.31. The van der Waals surface area contributed by atoms with Crippen molar-refractivity contribution < 1.29 is 4.74 Å². The highest BCUT2D eigenvalue weighted by Crippen LogP contribution is 2.33. The predicted molar refractivity (Wildman–Crippen MR) is 89.6 cm³/mol. The van der Waals surface area contributed by atoms with Crippen molar-refractivity contribution >= 4 is 5.69 Å². The molecule has 3 aliphatic rings. The van der Waals surface area contributed by atoms with E-state index in [0.717, 1.165) is 36.7 Å². The number of hydrogen-bond donors (Lipinski definition) is 2. The van der Waals surface area contributed by atoms with E-state index in [1.807, 2.05) is 12.1 Å². The molecule has 3 heterocycles. The van der Waals surface area contributed by atoms with Crippen LogP contribution in [0.2, 0.25) is 0 Å². The lowest BCUT2D eigenvalue weighted by atomic mass is 9.82. The molecule has 0 aliphatic carbocycles. The zero-order chi connectivity index (χ0) is 14.9. The molecule has 0 amide bonds. The van der Waals surface area contributed by atoms with E-state index in [4.69, 9.17) is 4.74 Å². The second-order valence-corrected chi connectivity index (χ2v) is 7.13. The molecule has 4 nitrogen and oxygen atoms in total. The molecular weight excluding hydrogens is 274 g/mol. The fraction of sp³-hybridized carbons (Fsp3) is 0.667. The summed E-state index contributed by atoms with van der Waals surface area (Å²) in [6.45, 7) is 1.74. The van der Waals surface area contributed by atoms with E-state index in [2.05, 4.69) is 34.7 Å². The maximum atomic E-state index is 5.86. The molecule has 1 aromatic carbocycles. The van der Waals surface area contributed by atoms with Gasteiger partial charge in [-0.25, -0.2) is 0 Å². The van der Waals surface area contributed by atoms with Crippen molar-refractivity contribution in [1.82, 2.24) is 10.2 Å². The van der Waals surface area contributed by atoms with E-state index >= 15 is 0 Å². The molecule has 0 saturated carbocycles. The highest BCUT2D eigenvalue weighted by molar-refractivity contribution is 5.58.